The van der Waals surface area contributed by atoms with Crippen molar-refractivity contribution in [3.05, 3.63) is 71.5 Å². The average Bonchev–Trinajstić information content (AvgIpc) is 3.45. The number of hydrogen-bond donors (Lipinski definition) is 3. The lowest BCUT2D eigenvalue weighted by atomic mass is 9.99. The van der Waals surface area contributed by atoms with Crippen LogP contribution < -0.4 is 10.6 Å². The van der Waals surface area contributed by atoms with Gasteiger partial charge in [-0.05, 0) is 26.0 Å². The Bertz CT molecular complexity index is 1170. The van der Waals surface area contributed by atoms with E-state index in [2.05, 4.69) is 46.7 Å². The van der Waals surface area contributed by atoms with E-state index < -0.39 is 11.4 Å². The maximum atomic E-state index is 14.1. The van der Waals surface area contributed by atoms with Gasteiger partial charge in [0.15, 0.2) is 5.82 Å². The highest BCUT2D eigenvalue weighted by atomic mass is 32.1. The van der Waals surface area contributed by atoms with E-state index in [-0.39, 0.29) is 17.4 Å². The van der Waals surface area contributed by atoms with Crippen molar-refractivity contribution in [3.63, 3.8) is 0 Å². The summed E-state index contributed by atoms with van der Waals surface area (Å²) in [4.78, 5) is 36.4. The second-order valence-corrected chi connectivity index (χ2v) is 8.18. The van der Waals surface area contributed by atoms with E-state index in [9.17, 15) is 9.18 Å². The van der Waals surface area contributed by atoms with Crippen molar-refractivity contribution < 1.29 is 9.18 Å². The number of anilines is 1. The van der Waals surface area contributed by atoms with Gasteiger partial charge in [0.1, 0.15) is 16.5 Å². The highest BCUT2D eigenvalue weighted by molar-refractivity contribution is 7.15. The summed E-state index contributed by atoms with van der Waals surface area (Å²) in [6, 6.07) is 2.91. The van der Waals surface area contributed by atoms with E-state index >= 15 is 0 Å². The molecule has 11 heteroatoms. The first-order valence-electron chi connectivity index (χ1n) is 9.28. The lowest BCUT2D eigenvalue weighted by Crippen LogP contribution is -2.31. The van der Waals surface area contributed by atoms with E-state index in [0.717, 1.165) is 15.4 Å². The summed E-state index contributed by atoms with van der Waals surface area (Å²) < 4.78 is 14.1. The highest BCUT2D eigenvalue weighted by Crippen LogP contribution is 2.27. The van der Waals surface area contributed by atoms with Gasteiger partial charge in [0.2, 0.25) is 5.95 Å². The van der Waals surface area contributed by atoms with Crippen LogP contribution in [0.5, 0.6) is 0 Å². The van der Waals surface area contributed by atoms with Crippen LogP contribution in [0, 0.1) is 12.0 Å². The summed E-state index contributed by atoms with van der Waals surface area (Å²) in [5.74, 6) is -0.168. The van der Waals surface area contributed by atoms with E-state index in [1.54, 1.807) is 44.7 Å². The van der Waals surface area contributed by atoms with E-state index in [1.165, 1.54) is 23.6 Å². The number of rotatable bonds is 7. The molecule has 4 heterocycles. The number of nitrogens with one attached hydrogen (secondary N) is 3. The monoisotopic (exact) mass is 437 g/mol. The van der Waals surface area contributed by atoms with Crippen LogP contribution in [0.2, 0.25) is 0 Å². The van der Waals surface area contributed by atoms with Crippen LogP contribution in [-0.4, -0.2) is 35.8 Å². The number of H-pyrrole nitrogens is 1. The molecular weight excluding hydrogens is 419 g/mol. The zero-order chi connectivity index (χ0) is 21.8. The molecule has 0 aromatic carbocycles. The van der Waals surface area contributed by atoms with Crippen molar-refractivity contribution in [1.29, 1.82) is 0 Å². The Kier molecular flexibility index (Phi) is 5.67. The molecule has 0 saturated heterocycles. The van der Waals surface area contributed by atoms with Gasteiger partial charge in [-0.15, -0.1) is 11.3 Å². The van der Waals surface area contributed by atoms with Crippen LogP contribution in [0.25, 0.3) is 10.6 Å². The summed E-state index contributed by atoms with van der Waals surface area (Å²) >= 11 is 1.42. The average molecular weight is 437 g/mol. The minimum Gasteiger partial charge on any atom is -0.344 e. The van der Waals surface area contributed by atoms with Crippen molar-refractivity contribution in [2.24, 2.45) is 0 Å². The Labute approximate surface area is 181 Å². The molecule has 9 nitrogen and oxygen atoms in total. The fourth-order valence-corrected chi connectivity index (χ4v) is 3.63. The van der Waals surface area contributed by atoms with E-state index in [0.29, 0.717) is 12.5 Å². The minimum atomic E-state index is -0.800. The third-order valence-electron chi connectivity index (χ3n) is 4.31. The lowest BCUT2D eigenvalue weighted by molar-refractivity contribution is 0.0942. The first kappa shape index (κ1) is 20.5. The third kappa shape index (κ3) is 4.72. The first-order chi connectivity index (χ1) is 14.9. The van der Waals surface area contributed by atoms with Crippen molar-refractivity contribution in [2.45, 2.75) is 25.9 Å². The van der Waals surface area contributed by atoms with Crippen molar-refractivity contribution in [1.82, 2.24) is 35.2 Å². The predicted octanol–water partition coefficient (Wildman–Crippen LogP) is 2.93. The van der Waals surface area contributed by atoms with Crippen LogP contribution in [0.3, 0.4) is 0 Å². The molecule has 0 saturated carbocycles. The Balaban J connectivity index is 1.40. The summed E-state index contributed by atoms with van der Waals surface area (Å²) in [5, 5.41) is 6.59. The van der Waals surface area contributed by atoms with Crippen LogP contribution in [0.15, 0.2) is 43.1 Å². The van der Waals surface area contributed by atoms with Gasteiger partial charge in [-0.1, -0.05) is 0 Å². The molecule has 3 N–H and O–H groups in total. The second-order valence-electron chi connectivity index (χ2n) is 7.07. The van der Waals surface area contributed by atoms with Gasteiger partial charge in [0.05, 0.1) is 24.5 Å². The van der Waals surface area contributed by atoms with Gasteiger partial charge >= 0.3 is 0 Å². The van der Waals surface area contributed by atoms with Gasteiger partial charge in [0, 0.05) is 35.2 Å². The zero-order valence-electron chi connectivity index (χ0n) is 16.7. The Morgan fingerprint density at radius 1 is 1.19 bits per heavy atom. The van der Waals surface area contributed by atoms with Crippen molar-refractivity contribution >= 4 is 23.2 Å². The van der Waals surface area contributed by atoms with Crippen molar-refractivity contribution in [2.75, 3.05) is 5.32 Å². The molecule has 4 aromatic heterocycles. The number of imidazole rings is 1. The van der Waals surface area contributed by atoms with Crippen LogP contribution in [0.1, 0.15) is 35.0 Å². The summed E-state index contributed by atoms with van der Waals surface area (Å²) in [7, 11) is 0. The third-order valence-corrected chi connectivity index (χ3v) is 5.36. The molecule has 1 amide bonds. The largest absolute Gasteiger partial charge is 0.344 e. The number of amides is 1. The predicted molar refractivity (Wildman–Crippen MR) is 113 cm³/mol. The highest BCUT2D eigenvalue weighted by Gasteiger charge is 2.26. The second kappa shape index (κ2) is 8.56. The Hall–Kier alpha value is -3.73. The van der Waals surface area contributed by atoms with Crippen molar-refractivity contribution in [3.8, 4) is 10.6 Å². The molecule has 0 bridgehead atoms. The lowest BCUT2D eigenvalue weighted by Gasteiger charge is -2.25. The molecule has 4 rings (SSSR count). The number of nitrogens with zero attached hydrogens (tertiary/aromatic N) is 5. The molecule has 157 valence electrons. The van der Waals surface area contributed by atoms with Crippen LogP contribution in [0.4, 0.5) is 10.3 Å². The standard InChI is InChI=1S/C20H18FN8OS/c1-20(2,15-14(21)4-3-5-22-15)29-19-27-8-12(9-28-19)18-26-11-13(31-18)10-25-17(30)16-23-6-7-24-16/h3-6,8-9,11H,10H2,1-2H3,(H,23,24)(H,25,30)(H,27,28,29). The van der Waals surface area contributed by atoms with E-state index in [4.69, 9.17) is 0 Å². The molecule has 0 aliphatic heterocycles. The van der Waals surface area contributed by atoms with Gasteiger partial charge in [-0.2, -0.15) is 0 Å². The molecule has 1 radical (unpaired) electrons. The molecule has 0 unspecified atom stereocenters. The quantitative estimate of drug-likeness (QED) is 0.406. The number of pyridine rings is 1. The molecule has 31 heavy (non-hydrogen) atoms. The van der Waals surface area contributed by atoms with Gasteiger partial charge in [-0.3, -0.25) is 9.78 Å². The fraction of sp³-hybridized carbons (Fsp3) is 0.200. The molecule has 0 aliphatic carbocycles. The molecular formula is C20H18FN8OS. The molecule has 0 fully saturated rings. The zero-order valence-corrected chi connectivity index (χ0v) is 17.5. The molecule has 0 aliphatic rings. The number of hydrogen-bond acceptors (Lipinski definition) is 8. The smallest absolute Gasteiger partial charge is 0.287 e. The number of aromatic nitrogens is 6. The topological polar surface area (TPSA) is 121 Å². The number of carbonyl (C=O) groups is 1. The van der Waals surface area contributed by atoms with Crippen LogP contribution in [-0.2, 0) is 12.1 Å². The Morgan fingerprint density at radius 3 is 2.71 bits per heavy atom. The number of halogens is 1. The number of carbonyl (C=O) groups excluding carboxylic acids is 1. The van der Waals surface area contributed by atoms with Crippen LogP contribution >= 0.6 is 11.3 Å². The summed E-state index contributed by atoms with van der Waals surface area (Å²) in [5.41, 5.74) is 0.211. The minimum absolute atomic E-state index is 0.203. The molecule has 0 atom stereocenters. The SMILES string of the molecule is CC(C)(Nc1ncc(-c2ncc(CNC(=O)c3nc[c][nH]3)s2)cn1)c1ncccc1F. The number of thiazole rings is 1. The maximum Gasteiger partial charge on any atom is 0.287 e. The van der Waals surface area contributed by atoms with Gasteiger partial charge in [0.25, 0.3) is 5.91 Å². The fourth-order valence-electron chi connectivity index (χ4n) is 2.81. The first-order valence-corrected chi connectivity index (χ1v) is 10.1. The van der Waals surface area contributed by atoms with Gasteiger partial charge < -0.3 is 15.6 Å². The molecule has 0 spiro atoms. The summed E-state index contributed by atoms with van der Waals surface area (Å²) in [6.07, 6.45) is 10.5. The van der Waals surface area contributed by atoms with Gasteiger partial charge in [-0.25, -0.2) is 24.3 Å². The molecule has 4 aromatic rings. The maximum absolute atomic E-state index is 14.1. The normalized spacial score (nSPS) is 11.3. The van der Waals surface area contributed by atoms with E-state index in [1.807, 2.05) is 0 Å². The summed E-state index contributed by atoms with van der Waals surface area (Å²) in [6.45, 7) is 3.93. The Morgan fingerprint density at radius 2 is 2.00 bits per heavy atom. The number of aromatic amines is 1.